The zero-order valence-corrected chi connectivity index (χ0v) is 26.8. The van der Waals surface area contributed by atoms with E-state index in [0.29, 0.717) is 23.6 Å². The summed E-state index contributed by atoms with van der Waals surface area (Å²) in [6, 6.07) is 22.0. The molecule has 1 atom stereocenters. The van der Waals surface area contributed by atoms with E-state index in [1.165, 1.54) is 10.6 Å². The normalized spacial score (nSPS) is 14.3. The van der Waals surface area contributed by atoms with Crippen LogP contribution in [0.4, 0.5) is 5.69 Å². The fraction of sp³-hybridized carbons (Fsp3) is 0.412. The van der Waals surface area contributed by atoms with Crippen LogP contribution in [0.5, 0.6) is 0 Å². The quantitative estimate of drug-likeness (QED) is 0.246. The maximum Gasteiger partial charge on any atom is 0.243 e. The van der Waals surface area contributed by atoms with Crippen LogP contribution in [0.3, 0.4) is 0 Å². The number of benzene rings is 3. The first-order chi connectivity index (χ1) is 20.5. The van der Waals surface area contributed by atoms with Crippen molar-refractivity contribution < 1.29 is 18.0 Å². The number of nitrogens with one attached hydrogen (secondary N) is 1. The second-order valence-corrected chi connectivity index (χ2v) is 13.8. The Bertz CT molecular complexity index is 1490. The summed E-state index contributed by atoms with van der Waals surface area (Å²) in [5, 5.41) is 3.81. The van der Waals surface area contributed by atoms with Gasteiger partial charge >= 0.3 is 0 Å². The number of hydrogen-bond acceptors (Lipinski definition) is 4. The van der Waals surface area contributed by atoms with Crippen molar-refractivity contribution in [3.8, 4) is 0 Å². The van der Waals surface area contributed by atoms with E-state index in [2.05, 4.69) is 5.32 Å². The van der Waals surface area contributed by atoms with Crippen molar-refractivity contribution in [2.75, 3.05) is 17.1 Å². The second-order valence-electron chi connectivity index (χ2n) is 11.5. The van der Waals surface area contributed by atoms with Crippen molar-refractivity contribution in [3.05, 3.63) is 100 Å². The number of hydrogen-bond donors (Lipinski definition) is 1. The number of carbonyl (C=O) groups is 2. The monoisotopic (exact) mass is 623 g/mol. The zero-order valence-electron chi connectivity index (χ0n) is 25.3. The van der Waals surface area contributed by atoms with E-state index in [1.807, 2.05) is 68.4 Å². The summed E-state index contributed by atoms with van der Waals surface area (Å²) in [7, 11) is -3.58. The minimum Gasteiger partial charge on any atom is -0.352 e. The number of aryl methyl sites for hydroxylation is 1. The number of rotatable bonds is 13. The largest absolute Gasteiger partial charge is 0.352 e. The van der Waals surface area contributed by atoms with Crippen molar-refractivity contribution in [2.24, 2.45) is 0 Å². The molecule has 0 bridgehead atoms. The first-order valence-electron chi connectivity index (χ1n) is 14.9. The Morgan fingerprint density at radius 2 is 1.60 bits per heavy atom. The number of nitrogens with zero attached hydrogens (tertiary/aromatic N) is 2. The molecule has 2 amide bonds. The highest BCUT2D eigenvalue weighted by Gasteiger charge is 2.32. The van der Waals surface area contributed by atoms with E-state index >= 15 is 0 Å². The first-order valence-corrected chi connectivity index (χ1v) is 17.2. The number of sulfonamides is 1. The predicted octanol–water partition coefficient (Wildman–Crippen LogP) is 6.20. The van der Waals surface area contributed by atoms with Gasteiger partial charge in [0, 0.05) is 37.0 Å². The molecule has 1 saturated carbocycles. The maximum absolute atomic E-state index is 14.0. The number of carbonyl (C=O) groups excluding carboxylic acids is 2. The minimum atomic E-state index is -3.58. The molecule has 230 valence electrons. The van der Waals surface area contributed by atoms with Crippen LogP contribution in [-0.4, -0.2) is 50.0 Å². The van der Waals surface area contributed by atoms with Crippen molar-refractivity contribution in [1.29, 1.82) is 0 Å². The molecule has 0 unspecified atom stereocenters. The van der Waals surface area contributed by atoms with Crippen molar-refractivity contribution in [2.45, 2.75) is 77.4 Å². The van der Waals surface area contributed by atoms with Crippen LogP contribution in [0.2, 0.25) is 5.02 Å². The van der Waals surface area contributed by atoms with Crippen LogP contribution in [0.25, 0.3) is 0 Å². The third kappa shape index (κ3) is 9.07. The van der Waals surface area contributed by atoms with Crippen molar-refractivity contribution >= 4 is 39.1 Å². The summed E-state index contributed by atoms with van der Waals surface area (Å²) in [6.45, 7) is 4.24. The highest BCUT2D eigenvalue weighted by atomic mass is 35.5. The summed E-state index contributed by atoms with van der Waals surface area (Å²) in [5.41, 5.74) is 4.31. The van der Waals surface area contributed by atoms with Crippen LogP contribution in [0, 0.1) is 13.8 Å². The van der Waals surface area contributed by atoms with Crippen molar-refractivity contribution in [1.82, 2.24) is 10.2 Å². The van der Waals surface area contributed by atoms with Gasteiger partial charge in [0.2, 0.25) is 21.8 Å². The number of anilines is 1. The van der Waals surface area contributed by atoms with Crippen molar-refractivity contribution in [3.63, 3.8) is 0 Å². The average molecular weight is 624 g/mol. The molecule has 3 aromatic rings. The molecule has 1 N–H and O–H groups in total. The summed E-state index contributed by atoms with van der Waals surface area (Å²) in [6.07, 6.45) is 6.00. The Labute approximate surface area is 261 Å². The van der Waals surface area contributed by atoms with E-state index in [0.717, 1.165) is 47.9 Å². The second kappa shape index (κ2) is 14.9. The van der Waals surface area contributed by atoms with E-state index in [4.69, 9.17) is 11.6 Å². The fourth-order valence-corrected chi connectivity index (χ4v) is 6.84. The van der Waals surface area contributed by atoms with Gasteiger partial charge in [-0.1, -0.05) is 79.0 Å². The van der Waals surface area contributed by atoms with Crippen LogP contribution in [-0.2, 0) is 32.6 Å². The van der Waals surface area contributed by atoms with Gasteiger partial charge in [0.05, 0.1) is 11.9 Å². The zero-order chi connectivity index (χ0) is 31.0. The molecule has 9 heteroatoms. The van der Waals surface area contributed by atoms with Crippen LogP contribution < -0.4 is 9.62 Å². The summed E-state index contributed by atoms with van der Waals surface area (Å²) in [4.78, 5) is 29.5. The van der Waals surface area contributed by atoms with Gasteiger partial charge in [-0.2, -0.15) is 0 Å². The Kier molecular flexibility index (Phi) is 11.3. The molecule has 0 radical (unpaired) electrons. The van der Waals surface area contributed by atoms with E-state index < -0.39 is 16.1 Å². The molecule has 43 heavy (non-hydrogen) atoms. The maximum atomic E-state index is 14.0. The van der Waals surface area contributed by atoms with Gasteiger partial charge in [0.15, 0.2) is 0 Å². The molecule has 7 nitrogen and oxygen atoms in total. The molecule has 3 aromatic carbocycles. The Morgan fingerprint density at radius 1 is 0.930 bits per heavy atom. The van der Waals surface area contributed by atoms with Gasteiger partial charge in [-0.15, -0.1) is 0 Å². The van der Waals surface area contributed by atoms with Gasteiger partial charge in [-0.3, -0.25) is 13.9 Å². The van der Waals surface area contributed by atoms with Crippen LogP contribution in [0.15, 0.2) is 72.8 Å². The molecule has 1 aliphatic rings. The summed E-state index contributed by atoms with van der Waals surface area (Å²) < 4.78 is 27.0. The summed E-state index contributed by atoms with van der Waals surface area (Å²) in [5.74, 6) is -0.363. The van der Waals surface area contributed by atoms with Crippen LogP contribution in [0.1, 0.15) is 60.8 Å². The highest BCUT2D eigenvalue weighted by Crippen LogP contribution is 2.26. The molecular formula is C34H42ClN3O4S. The topological polar surface area (TPSA) is 86.8 Å². The van der Waals surface area contributed by atoms with Gasteiger partial charge < -0.3 is 10.2 Å². The molecule has 4 rings (SSSR count). The molecule has 0 aromatic heterocycles. The molecule has 0 saturated heterocycles. The predicted molar refractivity (Wildman–Crippen MR) is 174 cm³/mol. The Balaban J connectivity index is 1.59. The molecule has 1 fully saturated rings. The Morgan fingerprint density at radius 3 is 2.26 bits per heavy atom. The molecule has 1 aliphatic carbocycles. The van der Waals surface area contributed by atoms with Gasteiger partial charge in [-0.05, 0) is 73.6 Å². The highest BCUT2D eigenvalue weighted by molar-refractivity contribution is 7.92. The van der Waals surface area contributed by atoms with E-state index in [9.17, 15) is 18.0 Å². The smallest absolute Gasteiger partial charge is 0.243 e. The third-order valence-electron chi connectivity index (χ3n) is 8.24. The lowest BCUT2D eigenvalue weighted by Crippen LogP contribution is -2.52. The SMILES string of the molecule is Cc1cccc(N(CCCC(=O)N(Cc2ccc(Cl)cc2)[C@@H](Cc2ccccc2)C(=O)NC2CCCC2)S(C)(=O)=O)c1C. The molecule has 0 spiro atoms. The molecule has 0 heterocycles. The van der Waals surface area contributed by atoms with E-state index in [1.54, 1.807) is 23.1 Å². The number of halogens is 1. The lowest BCUT2D eigenvalue weighted by Gasteiger charge is -2.33. The first kappa shape index (κ1) is 32.6. The molecule has 0 aliphatic heterocycles. The summed E-state index contributed by atoms with van der Waals surface area (Å²) >= 11 is 6.13. The average Bonchev–Trinajstić information content (AvgIpc) is 3.48. The number of amides is 2. The fourth-order valence-electron chi connectivity index (χ4n) is 5.70. The van der Waals surface area contributed by atoms with Gasteiger partial charge in [-0.25, -0.2) is 8.42 Å². The minimum absolute atomic E-state index is 0.0898. The van der Waals surface area contributed by atoms with Crippen LogP contribution >= 0.6 is 11.6 Å². The lowest BCUT2D eigenvalue weighted by molar-refractivity contribution is -0.141. The molecular weight excluding hydrogens is 582 g/mol. The van der Waals surface area contributed by atoms with Gasteiger partial charge in [0.1, 0.15) is 6.04 Å². The third-order valence-corrected chi connectivity index (χ3v) is 9.67. The Hall–Kier alpha value is -3.36. The lowest BCUT2D eigenvalue weighted by atomic mass is 10.0. The standard InChI is InChI=1S/C34H42ClN3O4S/c1-25-11-9-16-31(26(25)2)38(43(3,41)42)22-10-17-33(39)37(24-28-18-20-29(35)21-19-28)32(23-27-12-5-4-6-13-27)34(40)36-30-14-7-8-15-30/h4-6,9,11-13,16,18-21,30,32H,7-8,10,14-15,17,22-24H2,1-3H3,(H,36,40)/t32-/m0/s1. The van der Waals surface area contributed by atoms with Gasteiger partial charge in [0.25, 0.3) is 0 Å². The van der Waals surface area contributed by atoms with E-state index in [-0.39, 0.29) is 37.4 Å².